The van der Waals surface area contributed by atoms with Gasteiger partial charge in [-0.2, -0.15) is 0 Å². The van der Waals surface area contributed by atoms with Crippen molar-refractivity contribution in [1.29, 1.82) is 0 Å². The molecule has 2 rings (SSSR count). The number of aliphatic hydroxyl groups is 1. The first-order chi connectivity index (χ1) is 9.18. The van der Waals surface area contributed by atoms with Gasteiger partial charge in [0.2, 0.25) is 0 Å². The maximum atomic E-state index is 9.63. The number of imidazole rings is 1. The highest BCUT2D eigenvalue weighted by Crippen LogP contribution is 2.24. The first-order valence-electron chi connectivity index (χ1n) is 6.37. The van der Waals surface area contributed by atoms with Crippen LogP contribution in [0.15, 0.2) is 18.6 Å². The highest BCUT2D eigenvalue weighted by Gasteiger charge is 2.26. The van der Waals surface area contributed by atoms with Crippen LogP contribution in [-0.4, -0.2) is 31.6 Å². The summed E-state index contributed by atoms with van der Waals surface area (Å²) in [6.07, 6.45) is 6.85. The highest BCUT2D eigenvalue weighted by molar-refractivity contribution is 5.66. The van der Waals surface area contributed by atoms with Gasteiger partial charge in [-0.25, -0.2) is 15.8 Å². The van der Waals surface area contributed by atoms with Gasteiger partial charge < -0.3 is 20.2 Å². The summed E-state index contributed by atoms with van der Waals surface area (Å²) in [7, 11) is 0. The van der Waals surface area contributed by atoms with Gasteiger partial charge in [0.1, 0.15) is 0 Å². The number of nitrogens with two attached hydrogens (primary N) is 1. The van der Waals surface area contributed by atoms with Crippen LogP contribution >= 0.6 is 0 Å². The molecule has 7 nitrogen and oxygen atoms in total. The number of aliphatic hydroxyl groups excluding tert-OH is 1. The molecule has 2 heterocycles. The second-order valence-electron chi connectivity index (χ2n) is 4.55. The van der Waals surface area contributed by atoms with Gasteiger partial charge in [-0.05, 0) is 12.8 Å². The SMILES string of the molecule is CCC(CC)(CO)Nc1nc(NN)cn2ccnc12. The first kappa shape index (κ1) is 13.6. The number of nitrogens with one attached hydrogen (secondary N) is 2. The summed E-state index contributed by atoms with van der Waals surface area (Å²) < 4.78 is 1.83. The number of anilines is 2. The minimum atomic E-state index is -0.396. The van der Waals surface area contributed by atoms with Crippen LogP contribution in [0.2, 0.25) is 0 Å². The fourth-order valence-corrected chi connectivity index (χ4v) is 2.03. The molecule has 2 aromatic rings. The van der Waals surface area contributed by atoms with Crippen molar-refractivity contribution in [3.8, 4) is 0 Å². The van der Waals surface area contributed by atoms with E-state index in [0.29, 0.717) is 17.3 Å². The molecule has 0 bridgehead atoms. The van der Waals surface area contributed by atoms with Gasteiger partial charge in [0.05, 0.1) is 18.3 Å². The third kappa shape index (κ3) is 2.47. The summed E-state index contributed by atoms with van der Waals surface area (Å²) in [6, 6.07) is 0. The molecule has 0 aliphatic carbocycles. The average Bonchev–Trinajstić information content (AvgIpc) is 2.93. The molecule has 7 heteroatoms. The summed E-state index contributed by atoms with van der Waals surface area (Å²) in [5.74, 6) is 6.56. The Hall–Kier alpha value is -1.86. The molecular weight excluding hydrogens is 244 g/mol. The van der Waals surface area contributed by atoms with Crippen molar-refractivity contribution in [2.24, 2.45) is 5.84 Å². The van der Waals surface area contributed by atoms with Crippen LogP contribution in [0.5, 0.6) is 0 Å². The van der Waals surface area contributed by atoms with E-state index in [1.165, 1.54) is 0 Å². The molecule has 0 saturated carbocycles. The molecule has 0 aliphatic heterocycles. The number of rotatable bonds is 6. The monoisotopic (exact) mass is 264 g/mol. The minimum absolute atomic E-state index is 0.0365. The van der Waals surface area contributed by atoms with Crippen molar-refractivity contribution in [2.75, 3.05) is 17.3 Å². The maximum absolute atomic E-state index is 9.63. The maximum Gasteiger partial charge on any atom is 0.180 e. The van der Waals surface area contributed by atoms with E-state index in [-0.39, 0.29) is 6.61 Å². The van der Waals surface area contributed by atoms with Crippen molar-refractivity contribution in [3.63, 3.8) is 0 Å². The number of hydrazine groups is 1. The van der Waals surface area contributed by atoms with E-state index in [1.807, 2.05) is 24.4 Å². The quantitative estimate of drug-likeness (QED) is 0.458. The van der Waals surface area contributed by atoms with Crippen LogP contribution < -0.4 is 16.6 Å². The van der Waals surface area contributed by atoms with E-state index in [0.717, 1.165) is 12.8 Å². The predicted octanol–water partition coefficient (Wildman–Crippen LogP) is 0.978. The first-order valence-corrected chi connectivity index (χ1v) is 6.37. The molecule has 104 valence electrons. The van der Waals surface area contributed by atoms with Gasteiger partial charge in [0.25, 0.3) is 0 Å². The number of hydrogen-bond donors (Lipinski definition) is 4. The lowest BCUT2D eigenvalue weighted by atomic mass is 9.94. The molecule has 0 saturated heterocycles. The van der Waals surface area contributed by atoms with Crippen molar-refractivity contribution in [2.45, 2.75) is 32.2 Å². The molecule has 0 unspecified atom stereocenters. The van der Waals surface area contributed by atoms with E-state index < -0.39 is 5.54 Å². The predicted molar refractivity (Wildman–Crippen MR) is 74.8 cm³/mol. The Morgan fingerprint density at radius 2 is 2.16 bits per heavy atom. The number of fused-ring (bicyclic) bond motifs is 1. The fraction of sp³-hybridized carbons (Fsp3) is 0.500. The summed E-state index contributed by atoms with van der Waals surface area (Å²) >= 11 is 0. The molecule has 5 N–H and O–H groups in total. The lowest BCUT2D eigenvalue weighted by molar-refractivity contribution is 0.202. The topological polar surface area (TPSA) is 100 Å². The Labute approximate surface area is 111 Å². The zero-order chi connectivity index (χ0) is 13.9. The van der Waals surface area contributed by atoms with E-state index in [1.54, 1.807) is 12.4 Å². The molecular formula is C12H20N6O. The molecule has 0 aliphatic rings. The second-order valence-corrected chi connectivity index (χ2v) is 4.55. The second kappa shape index (κ2) is 5.41. The number of nitrogen functional groups attached to an aromatic ring is 1. The average molecular weight is 264 g/mol. The van der Waals surface area contributed by atoms with Gasteiger partial charge in [-0.3, -0.25) is 0 Å². The Balaban J connectivity index is 2.46. The standard InChI is InChI=1S/C12H20N6O/c1-3-12(4-2,8-19)16-10-11-14-5-6-18(11)7-9(15-10)17-13/h5-7,17,19H,3-4,8,13H2,1-2H3,(H,15,16). The highest BCUT2D eigenvalue weighted by atomic mass is 16.3. The van der Waals surface area contributed by atoms with Crippen molar-refractivity contribution < 1.29 is 5.11 Å². The lowest BCUT2D eigenvalue weighted by Gasteiger charge is -2.31. The summed E-state index contributed by atoms with van der Waals surface area (Å²) in [4.78, 5) is 8.65. The summed E-state index contributed by atoms with van der Waals surface area (Å²) in [6.45, 7) is 4.09. The number of hydrogen-bond acceptors (Lipinski definition) is 6. The zero-order valence-corrected chi connectivity index (χ0v) is 11.2. The van der Waals surface area contributed by atoms with E-state index in [2.05, 4.69) is 20.7 Å². The summed E-state index contributed by atoms with van der Waals surface area (Å²) in [5, 5.41) is 12.9. The largest absolute Gasteiger partial charge is 0.394 e. The Kier molecular flexibility index (Phi) is 3.87. The van der Waals surface area contributed by atoms with Crippen molar-refractivity contribution >= 4 is 17.3 Å². The van der Waals surface area contributed by atoms with Crippen molar-refractivity contribution in [1.82, 2.24) is 14.4 Å². The van der Waals surface area contributed by atoms with Crippen LogP contribution in [0.25, 0.3) is 5.65 Å². The van der Waals surface area contributed by atoms with Gasteiger partial charge in [0, 0.05) is 12.4 Å². The van der Waals surface area contributed by atoms with E-state index in [9.17, 15) is 5.11 Å². The molecule has 0 atom stereocenters. The van der Waals surface area contributed by atoms with Gasteiger partial charge in [-0.15, -0.1) is 0 Å². The third-order valence-electron chi connectivity index (χ3n) is 3.56. The molecule has 19 heavy (non-hydrogen) atoms. The molecule has 2 aromatic heterocycles. The van der Waals surface area contributed by atoms with Crippen LogP contribution in [0, 0.1) is 0 Å². The van der Waals surface area contributed by atoms with E-state index >= 15 is 0 Å². The third-order valence-corrected chi connectivity index (χ3v) is 3.56. The number of nitrogens with zero attached hydrogens (tertiary/aromatic N) is 3. The minimum Gasteiger partial charge on any atom is -0.394 e. The van der Waals surface area contributed by atoms with Gasteiger partial charge >= 0.3 is 0 Å². The Morgan fingerprint density at radius 1 is 1.42 bits per heavy atom. The molecule has 0 fully saturated rings. The molecule has 0 aromatic carbocycles. The zero-order valence-electron chi connectivity index (χ0n) is 11.2. The smallest absolute Gasteiger partial charge is 0.180 e. The van der Waals surface area contributed by atoms with Gasteiger partial charge in [0.15, 0.2) is 17.3 Å². The lowest BCUT2D eigenvalue weighted by Crippen LogP contribution is -2.41. The molecule has 0 amide bonds. The van der Waals surface area contributed by atoms with Crippen molar-refractivity contribution in [3.05, 3.63) is 18.6 Å². The normalized spacial score (nSPS) is 11.8. The van der Waals surface area contributed by atoms with E-state index in [4.69, 9.17) is 5.84 Å². The summed E-state index contributed by atoms with van der Waals surface area (Å²) in [5.41, 5.74) is 2.84. The van der Waals surface area contributed by atoms with Gasteiger partial charge in [-0.1, -0.05) is 13.8 Å². The van der Waals surface area contributed by atoms with Crippen LogP contribution in [-0.2, 0) is 0 Å². The molecule has 0 spiro atoms. The Morgan fingerprint density at radius 3 is 2.74 bits per heavy atom. The van der Waals surface area contributed by atoms with Crippen LogP contribution in [0.3, 0.4) is 0 Å². The van der Waals surface area contributed by atoms with Crippen LogP contribution in [0.1, 0.15) is 26.7 Å². The Bertz CT molecular complexity index is 540. The molecule has 0 radical (unpaired) electrons. The van der Waals surface area contributed by atoms with Crippen LogP contribution in [0.4, 0.5) is 11.6 Å². The number of aromatic nitrogens is 3. The fourth-order valence-electron chi connectivity index (χ4n) is 2.03.